The van der Waals surface area contributed by atoms with Crippen LogP contribution in [-0.4, -0.2) is 32.4 Å². The first-order valence-corrected chi connectivity index (χ1v) is 5.30. The van der Waals surface area contributed by atoms with E-state index in [4.69, 9.17) is 10.5 Å². The number of urea groups is 1. The normalized spacial score (nSPS) is 9.76. The Morgan fingerprint density at radius 2 is 2.06 bits per heavy atom. The summed E-state index contributed by atoms with van der Waals surface area (Å²) in [7, 11) is 0. The number of carbonyl (C=O) groups excluding carboxylic acids is 1. The molecule has 17 heavy (non-hydrogen) atoms. The third kappa shape index (κ3) is 5.17. The zero-order chi connectivity index (χ0) is 12.5. The number of amides is 2. The molecule has 0 radical (unpaired) electrons. The highest BCUT2D eigenvalue weighted by Crippen LogP contribution is 2.15. The SMILES string of the molecule is NCCNC(=O)Nc1ccc(OCCF)cc1. The number of hydrogen-bond acceptors (Lipinski definition) is 3. The topological polar surface area (TPSA) is 76.4 Å². The van der Waals surface area contributed by atoms with Crippen molar-refractivity contribution in [3.8, 4) is 5.75 Å². The van der Waals surface area contributed by atoms with E-state index >= 15 is 0 Å². The van der Waals surface area contributed by atoms with Gasteiger partial charge in [-0.2, -0.15) is 0 Å². The van der Waals surface area contributed by atoms with Gasteiger partial charge in [0.1, 0.15) is 19.0 Å². The van der Waals surface area contributed by atoms with Crippen LogP contribution in [0.1, 0.15) is 0 Å². The molecule has 0 atom stereocenters. The summed E-state index contributed by atoms with van der Waals surface area (Å²) in [5, 5.41) is 5.20. The average Bonchev–Trinajstić information content (AvgIpc) is 2.35. The molecule has 0 spiro atoms. The van der Waals surface area contributed by atoms with Crippen LogP contribution in [0.2, 0.25) is 0 Å². The molecule has 0 fully saturated rings. The number of anilines is 1. The van der Waals surface area contributed by atoms with Crippen molar-refractivity contribution in [2.45, 2.75) is 0 Å². The highest BCUT2D eigenvalue weighted by Gasteiger charge is 2.00. The first-order valence-electron chi connectivity index (χ1n) is 5.30. The second-order valence-corrected chi connectivity index (χ2v) is 3.23. The average molecular weight is 241 g/mol. The molecule has 0 aliphatic heterocycles. The summed E-state index contributed by atoms with van der Waals surface area (Å²) in [5.41, 5.74) is 5.88. The molecule has 0 aliphatic carbocycles. The van der Waals surface area contributed by atoms with Crippen LogP contribution in [0.5, 0.6) is 5.75 Å². The Bertz CT molecular complexity index is 343. The molecule has 1 aromatic carbocycles. The Hall–Kier alpha value is -1.82. The van der Waals surface area contributed by atoms with Gasteiger partial charge >= 0.3 is 6.03 Å². The molecule has 0 saturated carbocycles. The Labute approximate surface area is 99.1 Å². The predicted octanol–water partition coefficient (Wildman–Crippen LogP) is 1.12. The van der Waals surface area contributed by atoms with Crippen molar-refractivity contribution in [1.29, 1.82) is 0 Å². The summed E-state index contributed by atoms with van der Waals surface area (Å²) >= 11 is 0. The fourth-order valence-corrected chi connectivity index (χ4v) is 1.15. The molecule has 0 bridgehead atoms. The lowest BCUT2D eigenvalue weighted by Crippen LogP contribution is -2.32. The highest BCUT2D eigenvalue weighted by molar-refractivity contribution is 5.89. The maximum atomic E-state index is 11.8. The smallest absolute Gasteiger partial charge is 0.319 e. The van der Waals surface area contributed by atoms with Gasteiger partial charge in [-0.1, -0.05) is 0 Å². The predicted molar refractivity (Wildman–Crippen MR) is 64.0 cm³/mol. The summed E-state index contributed by atoms with van der Waals surface area (Å²) in [6, 6.07) is 6.36. The van der Waals surface area contributed by atoms with Gasteiger partial charge in [-0.15, -0.1) is 0 Å². The number of alkyl halides is 1. The Balaban J connectivity index is 2.42. The minimum absolute atomic E-state index is 0.0315. The molecular formula is C11H16FN3O2. The van der Waals surface area contributed by atoms with E-state index in [0.717, 1.165) is 0 Å². The molecular weight excluding hydrogens is 225 g/mol. The minimum Gasteiger partial charge on any atom is -0.491 e. The lowest BCUT2D eigenvalue weighted by molar-refractivity contribution is 0.252. The first kappa shape index (κ1) is 13.2. The molecule has 0 heterocycles. The van der Waals surface area contributed by atoms with Crippen LogP contribution < -0.4 is 21.1 Å². The van der Waals surface area contributed by atoms with Crippen LogP contribution >= 0.6 is 0 Å². The van der Waals surface area contributed by atoms with Gasteiger partial charge in [0.05, 0.1) is 0 Å². The van der Waals surface area contributed by atoms with E-state index in [1.165, 1.54) is 0 Å². The van der Waals surface area contributed by atoms with E-state index in [1.54, 1.807) is 24.3 Å². The standard InChI is InChI=1S/C11H16FN3O2/c12-5-8-17-10-3-1-9(2-4-10)15-11(16)14-7-6-13/h1-4H,5-8,13H2,(H2,14,15,16). The summed E-state index contributed by atoms with van der Waals surface area (Å²) < 4.78 is 16.9. The van der Waals surface area contributed by atoms with Crippen molar-refractivity contribution < 1.29 is 13.9 Å². The fraction of sp³-hybridized carbons (Fsp3) is 0.364. The molecule has 1 rings (SSSR count). The van der Waals surface area contributed by atoms with Gasteiger partial charge in [0.15, 0.2) is 0 Å². The molecule has 4 N–H and O–H groups in total. The van der Waals surface area contributed by atoms with Crippen LogP contribution in [0, 0.1) is 0 Å². The van der Waals surface area contributed by atoms with Crippen LogP contribution in [-0.2, 0) is 0 Å². The summed E-state index contributed by atoms with van der Waals surface area (Å²) in [6.07, 6.45) is 0. The maximum Gasteiger partial charge on any atom is 0.319 e. The monoisotopic (exact) mass is 241 g/mol. The minimum atomic E-state index is -0.526. The number of rotatable bonds is 6. The van der Waals surface area contributed by atoms with Gasteiger partial charge in [0.2, 0.25) is 0 Å². The van der Waals surface area contributed by atoms with Gasteiger partial charge in [-0.3, -0.25) is 0 Å². The maximum absolute atomic E-state index is 11.8. The molecule has 94 valence electrons. The van der Waals surface area contributed by atoms with Gasteiger partial charge in [0, 0.05) is 18.8 Å². The van der Waals surface area contributed by atoms with Crippen molar-refractivity contribution in [3.05, 3.63) is 24.3 Å². The molecule has 0 aromatic heterocycles. The second-order valence-electron chi connectivity index (χ2n) is 3.23. The largest absolute Gasteiger partial charge is 0.491 e. The Morgan fingerprint density at radius 3 is 2.65 bits per heavy atom. The molecule has 0 aliphatic rings. The number of hydrogen-bond donors (Lipinski definition) is 3. The van der Waals surface area contributed by atoms with Crippen molar-refractivity contribution in [1.82, 2.24) is 5.32 Å². The van der Waals surface area contributed by atoms with E-state index in [2.05, 4.69) is 10.6 Å². The molecule has 0 unspecified atom stereocenters. The number of nitrogens with two attached hydrogens (primary N) is 1. The van der Waals surface area contributed by atoms with Gasteiger partial charge in [-0.05, 0) is 24.3 Å². The van der Waals surface area contributed by atoms with Crippen molar-refractivity contribution in [2.75, 3.05) is 31.7 Å². The number of ether oxygens (including phenoxy) is 1. The van der Waals surface area contributed by atoms with E-state index in [9.17, 15) is 9.18 Å². The quantitative estimate of drug-likeness (QED) is 0.698. The van der Waals surface area contributed by atoms with Crippen LogP contribution in [0.3, 0.4) is 0 Å². The summed E-state index contributed by atoms with van der Waals surface area (Å²) in [5.74, 6) is 0.565. The van der Waals surface area contributed by atoms with Crippen LogP contribution in [0.4, 0.5) is 14.9 Å². The Morgan fingerprint density at radius 1 is 1.35 bits per heavy atom. The van der Waals surface area contributed by atoms with Crippen molar-refractivity contribution in [3.63, 3.8) is 0 Å². The van der Waals surface area contributed by atoms with E-state index in [1.807, 2.05) is 0 Å². The van der Waals surface area contributed by atoms with Gasteiger partial charge < -0.3 is 21.1 Å². The fourth-order valence-electron chi connectivity index (χ4n) is 1.15. The number of carbonyl (C=O) groups is 1. The highest BCUT2D eigenvalue weighted by atomic mass is 19.1. The van der Waals surface area contributed by atoms with E-state index < -0.39 is 6.67 Å². The van der Waals surface area contributed by atoms with Crippen molar-refractivity contribution in [2.24, 2.45) is 5.73 Å². The zero-order valence-corrected chi connectivity index (χ0v) is 9.41. The van der Waals surface area contributed by atoms with Gasteiger partial charge in [-0.25, -0.2) is 9.18 Å². The number of halogens is 1. The van der Waals surface area contributed by atoms with Gasteiger partial charge in [0.25, 0.3) is 0 Å². The lowest BCUT2D eigenvalue weighted by atomic mass is 10.3. The first-order chi connectivity index (χ1) is 8.26. The molecule has 6 heteroatoms. The second kappa shape index (κ2) is 7.45. The van der Waals surface area contributed by atoms with E-state index in [0.29, 0.717) is 24.5 Å². The summed E-state index contributed by atoms with van der Waals surface area (Å²) in [6.45, 7) is 0.318. The number of benzene rings is 1. The molecule has 0 saturated heterocycles. The van der Waals surface area contributed by atoms with Crippen LogP contribution in [0.25, 0.3) is 0 Å². The number of nitrogens with one attached hydrogen (secondary N) is 2. The third-order valence-electron chi connectivity index (χ3n) is 1.89. The van der Waals surface area contributed by atoms with Crippen LogP contribution in [0.15, 0.2) is 24.3 Å². The van der Waals surface area contributed by atoms with E-state index in [-0.39, 0.29) is 12.6 Å². The lowest BCUT2D eigenvalue weighted by Gasteiger charge is -2.08. The Kier molecular flexibility index (Phi) is 5.81. The van der Waals surface area contributed by atoms with Crippen molar-refractivity contribution >= 4 is 11.7 Å². The zero-order valence-electron chi connectivity index (χ0n) is 9.41. The molecule has 1 aromatic rings. The third-order valence-corrected chi connectivity index (χ3v) is 1.89. The molecule has 2 amide bonds. The molecule has 5 nitrogen and oxygen atoms in total. The summed E-state index contributed by atoms with van der Waals surface area (Å²) in [4.78, 5) is 11.3.